The van der Waals surface area contributed by atoms with Crippen molar-refractivity contribution in [1.82, 2.24) is 14.8 Å². The van der Waals surface area contributed by atoms with E-state index >= 15 is 0 Å². The summed E-state index contributed by atoms with van der Waals surface area (Å²) in [6.45, 7) is 6.69. The molecule has 0 bridgehead atoms. The molecular weight excluding hydrogens is 292 g/mol. The van der Waals surface area contributed by atoms with Crippen LogP contribution in [0.3, 0.4) is 0 Å². The molecule has 0 amide bonds. The second-order valence-corrected chi connectivity index (χ2v) is 5.17. The molecule has 0 aromatic carbocycles. The second-order valence-electron chi connectivity index (χ2n) is 4.26. The highest BCUT2D eigenvalue weighted by molar-refractivity contribution is 9.10. The Balaban J connectivity index is 2.62. The maximum atomic E-state index is 5.78. The number of nitrogens with two attached hydrogens (primary N) is 1. The quantitative estimate of drug-likeness (QED) is 0.948. The molecule has 2 aromatic rings. The van der Waals surface area contributed by atoms with Gasteiger partial charge in [0.05, 0.1) is 5.69 Å². The average molecular weight is 309 g/mol. The Morgan fingerprint density at radius 2 is 2.11 bits per heavy atom. The number of halogens is 1. The van der Waals surface area contributed by atoms with Crippen LogP contribution in [0.1, 0.15) is 29.4 Å². The minimum Gasteiger partial charge on any atom is -0.326 e. The lowest BCUT2D eigenvalue weighted by Crippen LogP contribution is -2.09. The number of aryl methyl sites for hydroxylation is 1. The van der Waals surface area contributed by atoms with Gasteiger partial charge in [0.1, 0.15) is 0 Å². The number of hydrogen-bond acceptors (Lipinski definition) is 3. The Kier molecular flexibility index (Phi) is 3.82. The van der Waals surface area contributed by atoms with Gasteiger partial charge in [-0.15, -0.1) is 0 Å². The lowest BCUT2D eigenvalue weighted by Gasteiger charge is -2.09. The fourth-order valence-corrected chi connectivity index (χ4v) is 2.59. The Morgan fingerprint density at radius 1 is 1.39 bits per heavy atom. The van der Waals surface area contributed by atoms with Crippen molar-refractivity contribution >= 4 is 15.9 Å². The molecule has 0 saturated heterocycles. The Labute approximate surface area is 115 Å². The molecule has 0 saturated carbocycles. The van der Waals surface area contributed by atoms with Crippen molar-refractivity contribution in [3.05, 3.63) is 39.3 Å². The van der Waals surface area contributed by atoms with Gasteiger partial charge < -0.3 is 5.73 Å². The average Bonchev–Trinajstić information content (AvgIpc) is 2.64. The van der Waals surface area contributed by atoms with E-state index in [-0.39, 0.29) is 0 Å². The molecule has 0 spiro atoms. The molecular formula is C13H17BrN4. The summed E-state index contributed by atoms with van der Waals surface area (Å²) in [4.78, 5) is 4.44. The maximum absolute atomic E-state index is 5.78. The highest BCUT2D eigenvalue weighted by Gasteiger charge is 2.14. The van der Waals surface area contributed by atoms with Gasteiger partial charge in [-0.1, -0.05) is 6.92 Å². The summed E-state index contributed by atoms with van der Waals surface area (Å²) < 4.78 is 2.83. The zero-order valence-corrected chi connectivity index (χ0v) is 12.5. The van der Waals surface area contributed by atoms with Crippen molar-refractivity contribution in [2.45, 2.75) is 33.7 Å². The zero-order chi connectivity index (χ0) is 13.3. The van der Waals surface area contributed by atoms with E-state index in [9.17, 15) is 0 Å². The molecule has 2 heterocycles. The number of hydrogen-bond donors (Lipinski definition) is 1. The normalized spacial score (nSPS) is 10.9. The predicted molar refractivity (Wildman–Crippen MR) is 75.8 cm³/mol. The number of aromatic nitrogens is 3. The molecule has 18 heavy (non-hydrogen) atoms. The van der Waals surface area contributed by atoms with E-state index in [1.165, 1.54) is 5.56 Å². The first-order valence-corrected chi connectivity index (χ1v) is 6.77. The van der Waals surface area contributed by atoms with E-state index in [1.807, 2.05) is 17.7 Å². The monoisotopic (exact) mass is 308 g/mol. The first kappa shape index (κ1) is 13.2. The second kappa shape index (κ2) is 5.20. The van der Waals surface area contributed by atoms with Crippen molar-refractivity contribution in [1.29, 1.82) is 0 Å². The molecule has 0 aliphatic rings. The van der Waals surface area contributed by atoms with Crippen LogP contribution in [0.4, 0.5) is 0 Å². The van der Waals surface area contributed by atoms with Crippen LogP contribution >= 0.6 is 15.9 Å². The Hall–Kier alpha value is -1.20. The number of rotatable bonds is 3. The van der Waals surface area contributed by atoms with Gasteiger partial charge in [-0.25, -0.2) is 9.67 Å². The topological polar surface area (TPSA) is 56.7 Å². The van der Waals surface area contributed by atoms with Crippen LogP contribution in [0, 0.1) is 13.8 Å². The lowest BCUT2D eigenvalue weighted by molar-refractivity contribution is 0.787. The first-order chi connectivity index (χ1) is 8.58. The third kappa shape index (κ3) is 2.20. The van der Waals surface area contributed by atoms with Gasteiger partial charge in [0.25, 0.3) is 0 Å². The maximum Gasteiger partial charge on any atom is 0.158 e. The highest BCUT2D eigenvalue weighted by Crippen LogP contribution is 2.21. The minimum absolute atomic E-state index is 0.446. The van der Waals surface area contributed by atoms with Crippen LogP contribution in [0.15, 0.2) is 16.7 Å². The smallest absolute Gasteiger partial charge is 0.158 e. The lowest BCUT2D eigenvalue weighted by atomic mass is 10.1. The Morgan fingerprint density at radius 3 is 2.67 bits per heavy atom. The van der Waals surface area contributed by atoms with Gasteiger partial charge in [-0.3, -0.25) is 0 Å². The van der Waals surface area contributed by atoms with Crippen molar-refractivity contribution in [3.8, 4) is 5.82 Å². The van der Waals surface area contributed by atoms with Gasteiger partial charge in [0.15, 0.2) is 5.82 Å². The molecule has 0 atom stereocenters. The van der Waals surface area contributed by atoms with E-state index < -0.39 is 0 Å². The van der Waals surface area contributed by atoms with Crippen LogP contribution in [0.2, 0.25) is 0 Å². The van der Waals surface area contributed by atoms with Crippen LogP contribution in [0.5, 0.6) is 0 Å². The largest absolute Gasteiger partial charge is 0.326 e. The summed E-state index contributed by atoms with van der Waals surface area (Å²) >= 11 is 3.41. The van der Waals surface area contributed by atoms with E-state index in [2.05, 4.69) is 39.9 Å². The van der Waals surface area contributed by atoms with Crippen LogP contribution in [-0.2, 0) is 13.0 Å². The molecule has 0 fully saturated rings. The highest BCUT2D eigenvalue weighted by atomic mass is 79.9. The molecule has 2 aromatic heterocycles. The third-order valence-corrected chi connectivity index (χ3v) is 3.56. The summed E-state index contributed by atoms with van der Waals surface area (Å²) in [6, 6.07) is 1.99. The molecule has 5 heteroatoms. The molecule has 2 N–H and O–H groups in total. The van der Waals surface area contributed by atoms with Crippen LogP contribution < -0.4 is 5.73 Å². The first-order valence-electron chi connectivity index (χ1n) is 5.98. The number of nitrogens with zero attached hydrogens (tertiary/aromatic N) is 3. The summed E-state index contributed by atoms with van der Waals surface area (Å²) in [5.74, 6) is 0.820. The molecule has 0 radical (unpaired) electrons. The molecule has 0 aliphatic heterocycles. The summed E-state index contributed by atoms with van der Waals surface area (Å²) in [5, 5.41) is 4.57. The molecule has 0 unspecified atom stereocenters. The molecule has 96 valence electrons. The van der Waals surface area contributed by atoms with Gasteiger partial charge in [-0.2, -0.15) is 5.10 Å². The van der Waals surface area contributed by atoms with Gasteiger partial charge in [0.2, 0.25) is 0 Å². The van der Waals surface area contributed by atoms with E-state index in [1.54, 1.807) is 6.20 Å². The molecule has 0 aliphatic carbocycles. The van der Waals surface area contributed by atoms with Gasteiger partial charge in [-0.05, 0) is 47.8 Å². The van der Waals surface area contributed by atoms with Crippen molar-refractivity contribution in [2.75, 3.05) is 0 Å². The number of pyridine rings is 1. The fourth-order valence-electron chi connectivity index (χ4n) is 2.21. The van der Waals surface area contributed by atoms with E-state index in [0.29, 0.717) is 6.54 Å². The zero-order valence-electron chi connectivity index (χ0n) is 10.9. The third-order valence-electron chi connectivity index (χ3n) is 3.12. The van der Waals surface area contributed by atoms with Crippen LogP contribution in [0.25, 0.3) is 5.82 Å². The summed E-state index contributed by atoms with van der Waals surface area (Å²) in [5.41, 5.74) is 10.2. The molecule has 2 rings (SSSR count). The SMILES string of the molecule is CCc1c(C)nn(-c2ncc(Br)cc2CN)c1C. The standard InChI is InChI=1S/C13H17BrN4/c1-4-12-8(2)17-18(9(12)3)13-10(6-15)5-11(14)7-16-13/h5,7H,4,6,15H2,1-3H3. The van der Waals surface area contributed by atoms with Gasteiger partial charge in [0, 0.05) is 28.5 Å². The summed E-state index contributed by atoms with van der Waals surface area (Å²) in [7, 11) is 0. The van der Waals surface area contributed by atoms with Crippen molar-refractivity contribution in [3.63, 3.8) is 0 Å². The Bertz CT molecular complexity index is 575. The predicted octanol–water partition coefficient (Wildman–Crippen LogP) is 2.67. The minimum atomic E-state index is 0.446. The van der Waals surface area contributed by atoms with Crippen LogP contribution in [-0.4, -0.2) is 14.8 Å². The van der Waals surface area contributed by atoms with E-state index in [4.69, 9.17) is 5.73 Å². The van der Waals surface area contributed by atoms with E-state index in [0.717, 1.165) is 33.7 Å². The van der Waals surface area contributed by atoms with Gasteiger partial charge >= 0.3 is 0 Å². The molecule has 4 nitrogen and oxygen atoms in total. The fraction of sp³-hybridized carbons (Fsp3) is 0.385. The van der Waals surface area contributed by atoms with Crippen molar-refractivity contribution < 1.29 is 0 Å². The van der Waals surface area contributed by atoms with Crippen molar-refractivity contribution in [2.24, 2.45) is 5.73 Å². The summed E-state index contributed by atoms with van der Waals surface area (Å²) in [6.07, 6.45) is 2.75.